The van der Waals surface area contributed by atoms with E-state index in [9.17, 15) is 10.1 Å². The van der Waals surface area contributed by atoms with Crippen LogP contribution >= 0.6 is 11.6 Å². The Morgan fingerprint density at radius 1 is 1.18 bits per heavy atom. The highest BCUT2D eigenvalue weighted by Crippen LogP contribution is 2.28. The topological polar surface area (TPSA) is 48.1 Å². The van der Waals surface area contributed by atoms with Crippen molar-refractivity contribution < 1.29 is 4.92 Å². The van der Waals surface area contributed by atoms with Crippen LogP contribution in [0.2, 0.25) is 5.02 Å². The fourth-order valence-corrected chi connectivity index (χ4v) is 2.04. The summed E-state index contributed by atoms with van der Waals surface area (Å²) in [4.78, 5) is 10.6. The summed E-state index contributed by atoms with van der Waals surface area (Å²) in [6.07, 6.45) is 0. The molecule has 0 amide bonds. The zero-order valence-electron chi connectivity index (χ0n) is 9.48. The third kappa shape index (κ3) is 2.03. The lowest BCUT2D eigenvalue weighted by atomic mass is 10.2. The Morgan fingerprint density at radius 3 is 2.29 bits per heavy atom. The first-order chi connectivity index (χ1) is 8.00. The van der Waals surface area contributed by atoms with Gasteiger partial charge in [-0.05, 0) is 38.1 Å². The van der Waals surface area contributed by atoms with Gasteiger partial charge in [-0.3, -0.25) is 10.1 Å². The Kier molecular flexibility index (Phi) is 2.90. The number of nitrogens with zero attached hydrogens (tertiary/aromatic N) is 2. The smallest absolute Gasteiger partial charge is 0.293 e. The molecule has 88 valence electrons. The lowest BCUT2D eigenvalue weighted by molar-refractivity contribution is -0.384. The predicted molar refractivity (Wildman–Crippen MR) is 66.9 cm³/mol. The van der Waals surface area contributed by atoms with Crippen LogP contribution < -0.4 is 0 Å². The number of rotatable bonds is 2. The van der Waals surface area contributed by atoms with Crippen molar-refractivity contribution in [1.82, 2.24) is 4.57 Å². The second kappa shape index (κ2) is 4.22. The Hall–Kier alpha value is -1.81. The lowest BCUT2D eigenvalue weighted by Crippen LogP contribution is -2.03. The summed E-state index contributed by atoms with van der Waals surface area (Å²) in [5, 5.41) is 11.5. The first-order valence-electron chi connectivity index (χ1n) is 5.10. The number of hydrogen-bond acceptors (Lipinski definition) is 2. The molecule has 4 nitrogen and oxygen atoms in total. The molecule has 5 heteroatoms. The molecule has 1 aromatic carbocycles. The Bertz CT molecular complexity index is 571. The van der Waals surface area contributed by atoms with E-state index in [-0.39, 0.29) is 5.69 Å². The molecule has 0 aliphatic rings. The summed E-state index contributed by atoms with van der Waals surface area (Å²) in [6, 6.07) is 8.40. The maximum atomic E-state index is 11.0. The van der Waals surface area contributed by atoms with E-state index in [1.165, 1.54) is 12.1 Å². The number of aromatic nitrogens is 1. The van der Waals surface area contributed by atoms with Crippen molar-refractivity contribution >= 4 is 17.3 Å². The van der Waals surface area contributed by atoms with Gasteiger partial charge in [-0.1, -0.05) is 11.6 Å². The van der Waals surface area contributed by atoms with Gasteiger partial charge in [-0.2, -0.15) is 0 Å². The molecule has 0 aliphatic carbocycles. The van der Waals surface area contributed by atoms with Crippen LogP contribution in [-0.2, 0) is 0 Å². The highest BCUT2D eigenvalue weighted by Gasteiger charge is 2.17. The molecule has 17 heavy (non-hydrogen) atoms. The SMILES string of the molecule is Cc1ccc(C)n1-c1cc(Cl)ccc1[N+](=O)[O-]. The first-order valence-corrected chi connectivity index (χ1v) is 5.48. The van der Waals surface area contributed by atoms with Gasteiger partial charge >= 0.3 is 0 Å². The number of benzene rings is 1. The zero-order chi connectivity index (χ0) is 12.6. The molecule has 0 radical (unpaired) electrons. The molecular formula is C12H11ClN2O2. The van der Waals surface area contributed by atoms with Gasteiger partial charge in [0.2, 0.25) is 0 Å². The van der Waals surface area contributed by atoms with E-state index in [0.29, 0.717) is 10.7 Å². The third-order valence-corrected chi connectivity index (χ3v) is 2.88. The van der Waals surface area contributed by atoms with E-state index < -0.39 is 4.92 Å². The van der Waals surface area contributed by atoms with Crippen LogP contribution in [0.3, 0.4) is 0 Å². The van der Waals surface area contributed by atoms with Gasteiger partial charge in [0, 0.05) is 22.5 Å². The molecule has 0 aliphatic heterocycles. The highest BCUT2D eigenvalue weighted by atomic mass is 35.5. The van der Waals surface area contributed by atoms with Crippen molar-refractivity contribution in [3.8, 4) is 5.69 Å². The summed E-state index contributed by atoms with van der Waals surface area (Å²) >= 11 is 5.91. The summed E-state index contributed by atoms with van der Waals surface area (Å²) < 4.78 is 1.82. The van der Waals surface area contributed by atoms with Gasteiger partial charge in [0.25, 0.3) is 5.69 Å². The summed E-state index contributed by atoms with van der Waals surface area (Å²) in [6.45, 7) is 3.80. The average molecular weight is 251 g/mol. The second-order valence-electron chi connectivity index (χ2n) is 3.84. The molecule has 1 aromatic heterocycles. The number of hydrogen-bond donors (Lipinski definition) is 0. The van der Waals surface area contributed by atoms with Gasteiger partial charge in [0.05, 0.1) is 4.92 Å². The molecule has 0 saturated carbocycles. The van der Waals surface area contributed by atoms with Gasteiger partial charge in [0.15, 0.2) is 0 Å². The van der Waals surface area contributed by atoms with Crippen LogP contribution in [0.5, 0.6) is 0 Å². The van der Waals surface area contributed by atoms with Crippen LogP contribution in [-0.4, -0.2) is 9.49 Å². The van der Waals surface area contributed by atoms with E-state index in [2.05, 4.69) is 0 Å². The van der Waals surface area contributed by atoms with E-state index in [0.717, 1.165) is 11.4 Å². The molecule has 2 aromatic rings. The normalized spacial score (nSPS) is 10.5. The van der Waals surface area contributed by atoms with Crippen LogP contribution in [0.1, 0.15) is 11.4 Å². The monoisotopic (exact) mass is 250 g/mol. The van der Waals surface area contributed by atoms with Crippen LogP contribution in [0.4, 0.5) is 5.69 Å². The predicted octanol–water partition coefficient (Wildman–Crippen LogP) is 3.66. The van der Waals surface area contributed by atoms with Crippen LogP contribution in [0.15, 0.2) is 30.3 Å². The minimum atomic E-state index is -0.398. The Balaban J connectivity index is 2.74. The molecular weight excluding hydrogens is 240 g/mol. The summed E-state index contributed by atoms with van der Waals surface area (Å²) in [5.74, 6) is 0. The molecule has 0 unspecified atom stereocenters. The molecule has 0 saturated heterocycles. The second-order valence-corrected chi connectivity index (χ2v) is 4.28. The van der Waals surface area contributed by atoms with Crippen molar-refractivity contribution in [2.45, 2.75) is 13.8 Å². The average Bonchev–Trinajstić information content (AvgIpc) is 2.58. The van der Waals surface area contributed by atoms with Crippen molar-refractivity contribution in [3.63, 3.8) is 0 Å². The molecule has 0 bridgehead atoms. The number of nitro groups is 1. The molecule has 1 heterocycles. The minimum absolute atomic E-state index is 0.0526. The summed E-state index contributed by atoms with van der Waals surface area (Å²) in [7, 11) is 0. The van der Waals surface area contributed by atoms with E-state index in [1.807, 2.05) is 30.5 Å². The van der Waals surface area contributed by atoms with Gasteiger partial charge < -0.3 is 4.57 Å². The van der Waals surface area contributed by atoms with Gasteiger partial charge in [-0.25, -0.2) is 0 Å². The number of aryl methyl sites for hydroxylation is 2. The maximum Gasteiger partial charge on any atom is 0.293 e. The van der Waals surface area contributed by atoms with Crippen LogP contribution in [0.25, 0.3) is 5.69 Å². The largest absolute Gasteiger partial charge is 0.313 e. The van der Waals surface area contributed by atoms with Crippen molar-refractivity contribution in [1.29, 1.82) is 0 Å². The lowest BCUT2D eigenvalue weighted by Gasteiger charge is -2.10. The molecule has 2 rings (SSSR count). The van der Waals surface area contributed by atoms with Crippen LogP contribution in [0, 0.1) is 24.0 Å². The van der Waals surface area contributed by atoms with E-state index >= 15 is 0 Å². The zero-order valence-corrected chi connectivity index (χ0v) is 10.2. The van der Waals surface area contributed by atoms with Gasteiger partial charge in [0.1, 0.15) is 5.69 Å². The first kappa shape index (κ1) is 11.7. The minimum Gasteiger partial charge on any atom is -0.313 e. The molecule has 0 N–H and O–H groups in total. The standard InChI is InChI=1S/C12H11ClN2O2/c1-8-3-4-9(2)14(8)12-7-10(13)5-6-11(12)15(16)17/h3-7H,1-2H3. The van der Waals surface area contributed by atoms with E-state index in [4.69, 9.17) is 11.6 Å². The quantitative estimate of drug-likeness (QED) is 0.603. The molecule has 0 spiro atoms. The Labute approximate surface area is 104 Å². The Morgan fingerprint density at radius 2 is 1.76 bits per heavy atom. The van der Waals surface area contributed by atoms with Crippen molar-refractivity contribution in [3.05, 3.63) is 56.9 Å². The number of halogens is 1. The molecule has 0 fully saturated rings. The van der Waals surface area contributed by atoms with Crippen molar-refractivity contribution in [2.24, 2.45) is 0 Å². The highest BCUT2D eigenvalue weighted by molar-refractivity contribution is 6.30. The van der Waals surface area contributed by atoms with Gasteiger partial charge in [-0.15, -0.1) is 0 Å². The fourth-order valence-electron chi connectivity index (χ4n) is 1.88. The molecule has 0 atom stereocenters. The summed E-state index contributed by atoms with van der Waals surface area (Å²) in [5.41, 5.74) is 2.43. The van der Waals surface area contributed by atoms with E-state index in [1.54, 1.807) is 6.07 Å². The number of nitro benzene ring substituents is 1. The fraction of sp³-hybridized carbons (Fsp3) is 0.167. The van der Waals surface area contributed by atoms with Crippen molar-refractivity contribution in [2.75, 3.05) is 0 Å². The third-order valence-electron chi connectivity index (χ3n) is 2.65. The maximum absolute atomic E-state index is 11.0.